The molecule has 1 rings (SSSR count). The average Bonchev–Trinajstić information content (AvgIpc) is 2.20. The fraction of sp³-hybridized carbons (Fsp3) is 1.00. The maximum atomic E-state index is 9.37. The summed E-state index contributed by atoms with van der Waals surface area (Å²) in [4.78, 5) is 0. The van der Waals surface area contributed by atoms with E-state index in [0.717, 1.165) is 0 Å². The quantitative estimate of drug-likeness (QED) is 0.750. The predicted molar refractivity (Wildman–Crippen MR) is 67.5 cm³/mol. The Labute approximate surface area is 100 Å². The van der Waals surface area contributed by atoms with E-state index < -0.39 is 0 Å². The van der Waals surface area contributed by atoms with Crippen molar-refractivity contribution in [2.24, 2.45) is 10.8 Å². The molecule has 1 N–H and O–H groups in total. The van der Waals surface area contributed by atoms with Gasteiger partial charge in [-0.05, 0) is 30.6 Å². The summed E-state index contributed by atoms with van der Waals surface area (Å²) in [5.74, 6) is 0. The fourth-order valence-corrected chi connectivity index (χ4v) is 3.17. The van der Waals surface area contributed by atoms with Crippen LogP contribution in [-0.4, -0.2) is 23.9 Å². The van der Waals surface area contributed by atoms with Gasteiger partial charge >= 0.3 is 0 Å². The third-order valence-corrected chi connectivity index (χ3v) is 3.82. The molecule has 0 heterocycles. The third-order valence-electron chi connectivity index (χ3n) is 3.82. The van der Waals surface area contributed by atoms with E-state index >= 15 is 0 Å². The molecular weight excluding hydrogens is 200 g/mol. The van der Waals surface area contributed by atoms with Crippen LogP contribution < -0.4 is 0 Å². The molecule has 0 bridgehead atoms. The van der Waals surface area contributed by atoms with Gasteiger partial charge in [-0.25, -0.2) is 0 Å². The SMILES string of the molecule is CC(O)COC1C(C)(C)CCCCC1(C)C. The second kappa shape index (κ2) is 5.05. The molecule has 0 spiro atoms. The molecule has 1 saturated carbocycles. The monoisotopic (exact) mass is 228 g/mol. The molecule has 1 aliphatic carbocycles. The predicted octanol–water partition coefficient (Wildman–Crippen LogP) is 3.38. The van der Waals surface area contributed by atoms with Gasteiger partial charge in [-0.1, -0.05) is 40.5 Å². The lowest BCUT2D eigenvalue weighted by atomic mass is 9.71. The van der Waals surface area contributed by atoms with Crippen LogP contribution in [-0.2, 0) is 4.74 Å². The highest BCUT2D eigenvalue weighted by atomic mass is 16.5. The summed E-state index contributed by atoms with van der Waals surface area (Å²) in [7, 11) is 0. The number of rotatable bonds is 3. The summed E-state index contributed by atoms with van der Waals surface area (Å²) in [6.45, 7) is 11.4. The highest BCUT2D eigenvalue weighted by molar-refractivity contribution is 4.92. The van der Waals surface area contributed by atoms with E-state index in [4.69, 9.17) is 4.74 Å². The first-order valence-corrected chi connectivity index (χ1v) is 6.55. The highest BCUT2D eigenvalue weighted by Crippen LogP contribution is 2.45. The normalized spacial score (nSPS) is 27.4. The summed E-state index contributed by atoms with van der Waals surface area (Å²) < 4.78 is 6.00. The van der Waals surface area contributed by atoms with E-state index in [9.17, 15) is 5.11 Å². The standard InChI is InChI=1S/C14H28O2/c1-11(15)10-16-12-13(2,3)8-6-7-9-14(12,4)5/h11-12,15H,6-10H2,1-5H3. The summed E-state index contributed by atoms with van der Waals surface area (Å²) in [5.41, 5.74) is 0.434. The van der Waals surface area contributed by atoms with Crippen molar-refractivity contribution in [1.29, 1.82) is 0 Å². The van der Waals surface area contributed by atoms with Crippen LogP contribution in [0, 0.1) is 10.8 Å². The number of hydrogen-bond donors (Lipinski definition) is 1. The van der Waals surface area contributed by atoms with Gasteiger partial charge in [-0.3, -0.25) is 0 Å². The maximum Gasteiger partial charge on any atom is 0.0745 e. The van der Waals surface area contributed by atoms with Gasteiger partial charge in [0.2, 0.25) is 0 Å². The summed E-state index contributed by atoms with van der Waals surface area (Å²) in [6.07, 6.45) is 4.92. The Bertz CT molecular complexity index is 201. The summed E-state index contributed by atoms with van der Waals surface area (Å²) in [5, 5.41) is 9.37. The highest BCUT2D eigenvalue weighted by Gasteiger charge is 2.42. The molecule has 0 aliphatic heterocycles. The lowest BCUT2D eigenvalue weighted by Gasteiger charge is -2.42. The Kier molecular flexibility index (Phi) is 4.42. The van der Waals surface area contributed by atoms with Crippen molar-refractivity contribution < 1.29 is 9.84 Å². The molecule has 1 atom stereocenters. The van der Waals surface area contributed by atoms with Crippen LogP contribution in [0.5, 0.6) is 0 Å². The second-order valence-corrected chi connectivity index (χ2v) is 6.75. The van der Waals surface area contributed by atoms with Crippen LogP contribution in [0.3, 0.4) is 0 Å². The van der Waals surface area contributed by atoms with Gasteiger partial charge < -0.3 is 9.84 Å². The Hall–Kier alpha value is -0.0800. The number of hydrogen-bond acceptors (Lipinski definition) is 2. The van der Waals surface area contributed by atoms with E-state index in [1.807, 2.05) is 0 Å². The van der Waals surface area contributed by atoms with Gasteiger partial charge in [0.25, 0.3) is 0 Å². The number of aliphatic hydroxyl groups is 1. The van der Waals surface area contributed by atoms with Crippen molar-refractivity contribution in [3.63, 3.8) is 0 Å². The smallest absolute Gasteiger partial charge is 0.0745 e. The van der Waals surface area contributed by atoms with E-state index in [1.54, 1.807) is 6.92 Å². The Morgan fingerprint density at radius 1 is 1.12 bits per heavy atom. The van der Waals surface area contributed by atoms with E-state index in [-0.39, 0.29) is 23.0 Å². The first kappa shape index (κ1) is 14.0. The minimum atomic E-state index is -0.366. The zero-order valence-corrected chi connectivity index (χ0v) is 11.5. The minimum absolute atomic E-state index is 0.217. The molecule has 96 valence electrons. The van der Waals surface area contributed by atoms with Crippen LogP contribution in [0.1, 0.15) is 60.3 Å². The van der Waals surface area contributed by atoms with Crippen molar-refractivity contribution in [2.75, 3.05) is 6.61 Å². The Balaban J connectivity index is 2.77. The average molecular weight is 228 g/mol. The molecule has 0 aromatic carbocycles. The molecule has 0 aromatic rings. The van der Waals surface area contributed by atoms with Crippen molar-refractivity contribution in [1.82, 2.24) is 0 Å². The molecule has 1 aliphatic rings. The number of aliphatic hydroxyl groups excluding tert-OH is 1. The fourth-order valence-electron chi connectivity index (χ4n) is 3.17. The maximum absolute atomic E-state index is 9.37. The Morgan fingerprint density at radius 3 is 1.94 bits per heavy atom. The third kappa shape index (κ3) is 3.46. The first-order chi connectivity index (χ1) is 7.26. The van der Waals surface area contributed by atoms with Gasteiger partial charge in [0, 0.05) is 0 Å². The van der Waals surface area contributed by atoms with E-state index in [2.05, 4.69) is 27.7 Å². The molecule has 16 heavy (non-hydrogen) atoms. The van der Waals surface area contributed by atoms with Crippen molar-refractivity contribution >= 4 is 0 Å². The van der Waals surface area contributed by atoms with Crippen molar-refractivity contribution in [2.45, 2.75) is 72.5 Å². The molecule has 0 radical (unpaired) electrons. The number of ether oxygens (including phenoxy) is 1. The summed E-state index contributed by atoms with van der Waals surface area (Å²) in [6, 6.07) is 0. The minimum Gasteiger partial charge on any atom is -0.391 e. The van der Waals surface area contributed by atoms with Gasteiger partial charge in [-0.15, -0.1) is 0 Å². The van der Waals surface area contributed by atoms with Crippen molar-refractivity contribution in [3.05, 3.63) is 0 Å². The lowest BCUT2D eigenvalue weighted by molar-refractivity contribution is -0.111. The molecule has 2 heteroatoms. The van der Waals surface area contributed by atoms with Gasteiger partial charge in [0.1, 0.15) is 0 Å². The van der Waals surface area contributed by atoms with Gasteiger partial charge in [0.15, 0.2) is 0 Å². The topological polar surface area (TPSA) is 29.5 Å². The van der Waals surface area contributed by atoms with E-state index in [0.29, 0.717) is 6.61 Å². The van der Waals surface area contributed by atoms with Crippen molar-refractivity contribution in [3.8, 4) is 0 Å². The molecule has 0 aromatic heterocycles. The molecule has 0 amide bonds. The van der Waals surface area contributed by atoms with Gasteiger partial charge in [-0.2, -0.15) is 0 Å². The zero-order valence-electron chi connectivity index (χ0n) is 11.5. The summed E-state index contributed by atoms with van der Waals surface area (Å²) >= 11 is 0. The van der Waals surface area contributed by atoms with Crippen LogP contribution in [0.4, 0.5) is 0 Å². The van der Waals surface area contributed by atoms with Crippen LogP contribution in [0.2, 0.25) is 0 Å². The van der Waals surface area contributed by atoms with Crippen LogP contribution in [0.25, 0.3) is 0 Å². The molecule has 2 nitrogen and oxygen atoms in total. The van der Waals surface area contributed by atoms with E-state index in [1.165, 1.54) is 25.7 Å². The first-order valence-electron chi connectivity index (χ1n) is 6.55. The second-order valence-electron chi connectivity index (χ2n) is 6.75. The molecule has 1 fully saturated rings. The molecular formula is C14H28O2. The zero-order chi connectivity index (χ0) is 12.4. The van der Waals surface area contributed by atoms with Crippen LogP contribution >= 0.6 is 0 Å². The van der Waals surface area contributed by atoms with Crippen LogP contribution in [0.15, 0.2) is 0 Å². The molecule has 0 saturated heterocycles. The molecule has 1 unspecified atom stereocenters. The Morgan fingerprint density at radius 2 is 1.56 bits per heavy atom. The lowest BCUT2D eigenvalue weighted by Crippen LogP contribution is -2.43. The van der Waals surface area contributed by atoms with Gasteiger partial charge in [0.05, 0.1) is 18.8 Å². The largest absolute Gasteiger partial charge is 0.391 e.